The van der Waals surface area contributed by atoms with Crippen molar-refractivity contribution in [2.75, 3.05) is 0 Å². The highest BCUT2D eigenvalue weighted by atomic mass is 16.1. The standard InChI is InChI=1S/C21H18N4O/c1-14-17(15(2)25(24-14)16-8-4-3-5-9-16)12-13-20-22-19-11-7-6-10-18(19)21(26)23-20/h3-13H,1-2H3,(H,22,23,26). The Morgan fingerprint density at radius 2 is 1.69 bits per heavy atom. The van der Waals surface area contributed by atoms with Gasteiger partial charge in [0.05, 0.1) is 22.3 Å². The first-order valence-corrected chi connectivity index (χ1v) is 8.42. The van der Waals surface area contributed by atoms with Crippen molar-refractivity contribution in [2.24, 2.45) is 0 Å². The lowest BCUT2D eigenvalue weighted by atomic mass is 10.1. The quantitative estimate of drug-likeness (QED) is 0.614. The molecule has 0 aliphatic carbocycles. The minimum atomic E-state index is -0.135. The molecule has 128 valence electrons. The number of rotatable bonds is 3. The molecular weight excluding hydrogens is 324 g/mol. The second-order valence-corrected chi connectivity index (χ2v) is 6.13. The van der Waals surface area contributed by atoms with Crippen LogP contribution < -0.4 is 5.56 Å². The van der Waals surface area contributed by atoms with Crippen LogP contribution >= 0.6 is 0 Å². The Bertz CT molecular complexity index is 1170. The van der Waals surface area contributed by atoms with Gasteiger partial charge >= 0.3 is 0 Å². The smallest absolute Gasteiger partial charge is 0.259 e. The number of H-pyrrole nitrogens is 1. The molecule has 0 saturated carbocycles. The zero-order valence-corrected chi connectivity index (χ0v) is 14.6. The first kappa shape index (κ1) is 16.0. The van der Waals surface area contributed by atoms with Gasteiger partial charge in [-0.15, -0.1) is 0 Å². The molecule has 26 heavy (non-hydrogen) atoms. The van der Waals surface area contributed by atoms with Crippen LogP contribution in [0.15, 0.2) is 59.4 Å². The summed E-state index contributed by atoms with van der Waals surface area (Å²) < 4.78 is 1.92. The molecule has 5 heteroatoms. The number of fused-ring (bicyclic) bond motifs is 1. The predicted molar refractivity (Wildman–Crippen MR) is 104 cm³/mol. The van der Waals surface area contributed by atoms with E-state index in [-0.39, 0.29) is 5.56 Å². The number of nitrogens with one attached hydrogen (secondary N) is 1. The molecule has 0 unspecified atom stereocenters. The van der Waals surface area contributed by atoms with E-state index in [2.05, 4.69) is 15.1 Å². The average molecular weight is 342 g/mol. The van der Waals surface area contributed by atoms with E-state index in [9.17, 15) is 4.79 Å². The molecule has 0 radical (unpaired) electrons. The van der Waals surface area contributed by atoms with Crippen LogP contribution in [0, 0.1) is 13.8 Å². The molecule has 0 spiro atoms. The van der Waals surface area contributed by atoms with Crippen molar-refractivity contribution < 1.29 is 0 Å². The molecule has 2 aromatic carbocycles. The van der Waals surface area contributed by atoms with E-state index in [0.29, 0.717) is 16.7 Å². The fourth-order valence-electron chi connectivity index (χ4n) is 3.06. The van der Waals surface area contributed by atoms with Gasteiger partial charge in [-0.25, -0.2) is 9.67 Å². The van der Waals surface area contributed by atoms with Gasteiger partial charge in [-0.3, -0.25) is 4.79 Å². The number of hydrogen-bond donors (Lipinski definition) is 1. The largest absolute Gasteiger partial charge is 0.306 e. The van der Waals surface area contributed by atoms with E-state index >= 15 is 0 Å². The van der Waals surface area contributed by atoms with E-state index < -0.39 is 0 Å². The molecule has 0 bridgehead atoms. The van der Waals surface area contributed by atoms with E-state index in [1.165, 1.54) is 0 Å². The van der Waals surface area contributed by atoms with Crippen LogP contribution in [0.2, 0.25) is 0 Å². The fraction of sp³-hybridized carbons (Fsp3) is 0.0952. The summed E-state index contributed by atoms with van der Waals surface area (Å²) in [5, 5.41) is 5.22. The van der Waals surface area contributed by atoms with Gasteiger partial charge in [-0.2, -0.15) is 5.10 Å². The molecule has 5 nitrogen and oxygen atoms in total. The molecule has 4 aromatic rings. The van der Waals surface area contributed by atoms with Gasteiger partial charge in [-0.1, -0.05) is 30.3 Å². The summed E-state index contributed by atoms with van der Waals surface area (Å²) in [6, 6.07) is 17.3. The van der Waals surface area contributed by atoms with Gasteiger partial charge in [0.25, 0.3) is 5.56 Å². The van der Waals surface area contributed by atoms with Gasteiger partial charge in [0.1, 0.15) is 5.82 Å². The molecule has 2 heterocycles. The van der Waals surface area contributed by atoms with E-state index in [1.54, 1.807) is 6.07 Å². The Kier molecular flexibility index (Phi) is 3.97. The van der Waals surface area contributed by atoms with Crippen LogP contribution in [0.25, 0.3) is 28.7 Å². The van der Waals surface area contributed by atoms with Crippen LogP contribution in [-0.4, -0.2) is 19.7 Å². The summed E-state index contributed by atoms with van der Waals surface area (Å²) in [5.74, 6) is 0.528. The van der Waals surface area contributed by atoms with Gasteiger partial charge in [0.2, 0.25) is 0 Å². The van der Waals surface area contributed by atoms with Gasteiger partial charge in [0, 0.05) is 11.3 Å². The minimum Gasteiger partial charge on any atom is -0.306 e. The van der Waals surface area contributed by atoms with E-state index in [1.807, 2.05) is 79.2 Å². The highest BCUT2D eigenvalue weighted by molar-refractivity contribution is 5.79. The number of hydrogen-bond acceptors (Lipinski definition) is 3. The maximum Gasteiger partial charge on any atom is 0.259 e. The Morgan fingerprint density at radius 1 is 0.962 bits per heavy atom. The topological polar surface area (TPSA) is 63.6 Å². The van der Waals surface area contributed by atoms with Crippen LogP contribution in [0.4, 0.5) is 0 Å². The lowest BCUT2D eigenvalue weighted by Gasteiger charge is -2.03. The van der Waals surface area contributed by atoms with Crippen molar-refractivity contribution in [3.8, 4) is 5.69 Å². The van der Waals surface area contributed by atoms with Crippen molar-refractivity contribution in [2.45, 2.75) is 13.8 Å². The third-order valence-corrected chi connectivity index (χ3v) is 4.39. The monoisotopic (exact) mass is 342 g/mol. The molecule has 1 N–H and O–H groups in total. The Labute approximate surface area is 150 Å². The van der Waals surface area contributed by atoms with Gasteiger partial charge < -0.3 is 4.98 Å². The van der Waals surface area contributed by atoms with Gasteiger partial charge in [-0.05, 0) is 50.3 Å². The third-order valence-electron chi connectivity index (χ3n) is 4.39. The van der Waals surface area contributed by atoms with Crippen molar-refractivity contribution in [3.05, 3.63) is 87.7 Å². The number of benzene rings is 2. The molecule has 0 aliphatic heterocycles. The second-order valence-electron chi connectivity index (χ2n) is 6.13. The normalized spacial score (nSPS) is 11.5. The van der Waals surface area contributed by atoms with Crippen molar-refractivity contribution >= 4 is 23.1 Å². The molecule has 0 aliphatic rings. The Balaban J connectivity index is 1.74. The first-order chi connectivity index (χ1) is 12.6. The number of aromatic amines is 1. The zero-order chi connectivity index (χ0) is 18.1. The summed E-state index contributed by atoms with van der Waals surface area (Å²) in [6.07, 6.45) is 3.77. The summed E-state index contributed by atoms with van der Waals surface area (Å²) in [5.41, 5.74) is 4.54. The molecule has 0 amide bonds. The molecule has 4 rings (SSSR count). The molecule has 2 aromatic heterocycles. The number of para-hydroxylation sites is 2. The predicted octanol–water partition coefficient (Wildman–Crippen LogP) is 3.90. The number of nitrogens with zero attached hydrogens (tertiary/aromatic N) is 3. The maximum absolute atomic E-state index is 12.2. The van der Waals surface area contributed by atoms with Crippen LogP contribution in [0.3, 0.4) is 0 Å². The summed E-state index contributed by atoms with van der Waals surface area (Å²) in [4.78, 5) is 19.5. The van der Waals surface area contributed by atoms with Crippen LogP contribution in [0.5, 0.6) is 0 Å². The lowest BCUT2D eigenvalue weighted by molar-refractivity contribution is 0.833. The maximum atomic E-state index is 12.2. The Hall–Kier alpha value is -3.47. The fourth-order valence-corrected chi connectivity index (χ4v) is 3.06. The molecule has 0 atom stereocenters. The summed E-state index contributed by atoms with van der Waals surface area (Å²) in [6.45, 7) is 4.01. The second kappa shape index (κ2) is 6.44. The molecule has 0 saturated heterocycles. The molecule has 0 fully saturated rings. The lowest BCUT2D eigenvalue weighted by Crippen LogP contribution is -2.09. The van der Waals surface area contributed by atoms with Crippen LogP contribution in [-0.2, 0) is 0 Å². The SMILES string of the molecule is Cc1nn(-c2ccccc2)c(C)c1C=Cc1nc2ccccc2c(=O)[nH]1. The molecular formula is C21H18N4O. The highest BCUT2D eigenvalue weighted by Gasteiger charge is 2.10. The van der Waals surface area contributed by atoms with Gasteiger partial charge in [0.15, 0.2) is 0 Å². The van der Waals surface area contributed by atoms with E-state index in [4.69, 9.17) is 0 Å². The first-order valence-electron chi connectivity index (χ1n) is 8.42. The van der Waals surface area contributed by atoms with Crippen molar-refractivity contribution in [3.63, 3.8) is 0 Å². The zero-order valence-electron chi connectivity index (χ0n) is 14.6. The number of aryl methyl sites for hydroxylation is 1. The van der Waals surface area contributed by atoms with E-state index in [0.717, 1.165) is 22.6 Å². The third kappa shape index (κ3) is 2.84. The summed E-state index contributed by atoms with van der Waals surface area (Å²) >= 11 is 0. The minimum absolute atomic E-state index is 0.135. The van der Waals surface area contributed by atoms with Crippen LogP contribution in [0.1, 0.15) is 22.8 Å². The van der Waals surface area contributed by atoms with Crippen molar-refractivity contribution in [1.82, 2.24) is 19.7 Å². The highest BCUT2D eigenvalue weighted by Crippen LogP contribution is 2.20. The summed E-state index contributed by atoms with van der Waals surface area (Å²) in [7, 11) is 0. The average Bonchev–Trinajstić information content (AvgIpc) is 2.95. The number of aromatic nitrogens is 4. The Morgan fingerprint density at radius 3 is 2.50 bits per heavy atom. The van der Waals surface area contributed by atoms with Crippen molar-refractivity contribution in [1.29, 1.82) is 0 Å².